The molecule has 27 heavy (non-hydrogen) atoms. The van der Waals surface area contributed by atoms with Crippen LogP contribution < -0.4 is 4.74 Å². The van der Waals surface area contributed by atoms with Gasteiger partial charge in [-0.2, -0.15) is 0 Å². The Bertz CT molecular complexity index is 643. The minimum atomic E-state index is -0.597. The van der Waals surface area contributed by atoms with Crippen molar-refractivity contribution in [3.05, 3.63) is 26.6 Å². The summed E-state index contributed by atoms with van der Waals surface area (Å²) in [5, 5.41) is 11.5. The second-order valence-electron chi connectivity index (χ2n) is 7.64. The third kappa shape index (κ3) is 4.37. The van der Waals surface area contributed by atoms with E-state index in [4.69, 9.17) is 14.2 Å². The van der Waals surface area contributed by atoms with Crippen LogP contribution in [-0.4, -0.2) is 87.2 Å². The van der Waals surface area contributed by atoms with E-state index in [1.54, 1.807) is 0 Å². The Hall–Kier alpha value is -0.220. The molecule has 3 aliphatic rings. The number of rotatable bonds is 4. The smallest absolute Gasteiger partial charge is 0.139 e. The lowest BCUT2D eigenvalue weighted by atomic mass is 9.76. The molecule has 4 rings (SSSR count). The zero-order chi connectivity index (χ0) is 18.9. The monoisotopic (exact) mass is 504 g/mol. The Labute approximate surface area is 177 Å². The van der Waals surface area contributed by atoms with Gasteiger partial charge in [-0.05, 0) is 28.1 Å². The van der Waals surface area contributed by atoms with Crippen molar-refractivity contribution < 1.29 is 19.3 Å². The summed E-state index contributed by atoms with van der Waals surface area (Å²) < 4.78 is 19.1. The number of hydrogen-bond donors (Lipinski definition) is 1. The van der Waals surface area contributed by atoms with Crippen LogP contribution in [0.1, 0.15) is 11.7 Å². The molecule has 1 atom stereocenters. The van der Waals surface area contributed by atoms with Crippen LogP contribution in [0.3, 0.4) is 0 Å². The van der Waals surface area contributed by atoms with E-state index in [9.17, 15) is 5.11 Å². The molecule has 6 nitrogen and oxygen atoms in total. The predicted octanol–water partition coefficient (Wildman–Crippen LogP) is 2.29. The third-order valence-corrected chi connectivity index (χ3v) is 6.75. The van der Waals surface area contributed by atoms with Crippen molar-refractivity contribution in [1.29, 1.82) is 0 Å². The number of hydrogen-bond acceptors (Lipinski definition) is 6. The summed E-state index contributed by atoms with van der Waals surface area (Å²) in [4.78, 5) is 4.79. The zero-order valence-electron chi connectivity index (χ0n) is 15.3. The summed E-state index contributed by atoms with van der Waals surface area (Å²) >= 11 is 7.13. The molecule has 0 aliphatic carbocycles. The molecular formula is C19H26Br2N2O4. The quantitative estimate of drug-likeness (QED) is 0.677. The van der Waals surface area contributed by atoms with Gasteiger partial charge in [-0.3, -0.25) is 9.80 Å². The van der Waals surface area contributed by atoms with Gasteiger partial charge in [0.2, 0.25) is 0 Å². The molecule has 1 N–H and O–H groups in total. The van der Waals surface area contributed by atoms with E-state index in [1.165, 1.54) is 0 Å². The Morgan fingerprint density at radius 3 is 2.07 bits per heavy atom. The van der Waals surface area contributed by atoms with E-state index in [0.717, 1.165) is 86.0 Å². The molecular weight excluding hydrogens is 480 g/mol. The molecule has 3 aliphatic heterocycles. The van der Waals surface area contributed by atoms with Crippen LogP contribution in [0, 0.1) is 5.41 Å². The summed E-state index contributed by atoms with van der Waals surface area (Å²) in [6.07, 6.45) is -0.597. The highest BCUT2D eigenvalue weighted by atomic mass is 79.9. The summed E-state index contributed by atoms with van der Waals surface area (Å²) in [7, 11) is 0. The average molecular weight is 506 g/mol. The molecule has 1 aromatic rings. The standard InChI is InChI=1S/C19H26Br2N2O4/c20-14-9-15-17(16(21)10-14)27-13-19(18(15)24,11-22-1-5-25-6-2-22)12-23-3-7-26-8-4-23/h9-10,18,24H,1-8,11-13H2/t18-/m0/s1. The number of aliphatic hydroxyl groups excluding tert-OH is 1. The number of aliphatic hydroxyl groups is 1. The summed E-state index contributed by atoms with van der Waals surface area (Å²) in [6, 6.07) is 3.94. The summed E-state index contributed by atoms with van der Waals surface area (Å²) in [5.41, 5.74) is 0.464. The second-order valence-corrected chi connectivity index (χ2v) is 9.41. The summed E-state index contributed by atoms with van der Waals surface area (Å²) in [6.45, 7) is 8.65. The maximum atomic E-state index is 11.5. The molecule has 0 saturated carbocycles. The van der Waals surface area contributed by atoms with Crippen LogP contribution in [0.15, 0.2) is 21.1 Å². The number of benzene rings is 1. The van der Waals surface area contributed by atoms with Crippen molar-refractivity contribution in [2.24, 2.45) is 5.41 Å². The van der Waals surface area contributed by atoms with Crippen molar-refractivity contribution >= 4 is 31.9 Å². The molecule has 3 heterocycles. The molecule has 150 valence electrons. The topological polar surface area (TPSA) is 54.4 Å². The van der Waals surface area contributed by atoms with Crippen molar-refractivity contribution in [2.75, 3.05) is 72.3 Å². The first-order valence-corrected chi connectivity index (χ1v) is 11.1. The van der Waals surface area contributed by atoms with Gasteiger partial charge in [0, 0.05) is 49.3 Å². The number of nitrogens with zero attached hydrogens (tertiary/aromatic N) is 2. The Balaban J connectivity index is 1.64. The van der Waals surface area contributed by atoms with Crippen LogP contribution in [0.25, 0.3) is 0 Å². The van der Waals surface area contributed by atoms with E-state index < -0.39 is 6.10 Å². The SMILES string of the molecule is O[C@H]1c2cc(Br)cc(Br)c2OCC1(CN1CCOCC1)CN1CCOCC1. The molecule has 0 bridgehead atoms. The van der Waals surface area contributed by atoms with Gasteiger partial charge in [-0.1, -0.05) is 15.9 Å². The lowest BCUT2D eigenvalue weighted by Crippen LogP contribution is -2.56. The Morgan fingerprint density at radius 2 is 1.52 bits per heavy atom. The van der Waals surface area contributed by atoms with Gasteiger partial charge in [0.25, 0.3) is 0 Å². The lowest BCUT2D eigenvalue weighted by Gasteiger charge is -2.48. The fourth-order valence-electron chi connectivity index (χ4n) is 4.28. The molecule has 2 saturated heterocycles. The van der Waals surface area contributed by atoms with Crippen molar-refractivity contribution in [1.82, 2.24) is 9.80 Å². The highest BCUT2D eigenvalue weighted by molar-refractivity contribution is 9.11. The van der Waals surface area contributed by atoms with Gasteiger partial charge >= 0.3 is 0 Å². The van der Waals surface area contributed by atoms with E-state index >= 15 is 0 Å². The van der Waals surface area contributed by atoms with E-state index in [1.807, 2.05) is 12.1 Å². The number of ether oxygens (including phenoxy) is 3. The van der Waals surface area contributed by atoms with Gasteiger partial charge < -0.3 is 19.3 Å². The highest BCUT2D eigenvalue weighted by Crippen LogP contribution is 2.48. The molecule has 2 fully saturated rings. The van der Waals surface area contributed by atoms with Gasteiger partial charge in [0.15, 0.2) is 0 Å². The minimum Gasteiger partial charge on any atom is -0.491 e. The zero-order valence-corrected chi connectivity index (χ0v) is 18.5. The molecule has 0 unspecified atom stereocenters. The maximum Gasteiger partial charge on any atom is 0.139 e. The molecule has 0 radical (unpaired) electrons. The Morgan fingerprint density at radius 1 is 0.963 bits per heavy atom. The minimum absolute atomic E-state index is 0.387. The first-order chi connectivity index (χ1) is 13.1. The fraction of sp³-hybridized carbons (Fsp3) is 0.684. The number of morpholine rings is 2. The number of fused-ring (bicyclic) bond motifs is 1. The molecule has 0 amide bonds. The van der Waals surface area contributed by atoms with Gasteiger partial charge in [-0.25, -0.2) is 0 Å². The van der Waals surface area contributed by atoms with Crippen molar-refractivity contribution in [2.45, 2.75) is 6.10 Å². The van der Waals surface area contributed by atoms with Crippen molar-refractivity contribution in [3.63, 3.8) is 0 Å². The van der Waals surface area contributed by atoms with Crippen LogP contribution in [0.5, 0.6) is 5.75 Å². The van der Waals surface area contributed by atoms with E-state index in [2.05, 4.69) is 41.7 Å². The molecule has 8 heteroatoms. The largest absolute Gasteiger partial charge is 0.491 e. The first-order valence-electron chi connectivity index (χ1n) is 9.47. The molecule has 0 spiro atoms. The van der Waals surface area contributed by atoms with Gasteiger partial charge in [-0.15, -0.1) is 0 Å². The third-order valence-electron chi connectivity index (χ3n) is 5.70. The highest BCUT2D eigenvalue weighted by Gasteiger charge is 2.47. The molecule has 1 aromatic carbocycles. The summed E-state index contributed by atoms with van der Waals surface area (Å²) in [5.74, 6) is 0.755. The normalized spacial score (nSPS) is 26.4. The van der Waals surface area contributed by atoms with E-state index in [-0.39, 0.29) is 5.41 Å². The van der Waals surface area contributed by atoms with Crippen molar-refractivity contribution in [3.8, 4) is 5.75 Å². The van der Waals surface area contributed by atoms with Crippen LogP contribution in [0.2, 0.25) is 0 Å². The van der Waals surface area contributed by atoms with Crippen LogP contribution in [-0.2, 0) is 9.47 Å². The predicted molar refractivity (Wildman–Crippen MR) is 109 cm³/mol. The van der Waals surface area contributed by atoms with Gasteiger partial charge in [0.1, 0.15) is 5.75 Å². The van der Waals surface area contributed by atoms with Crippen LogP contribution >= 0.6 is 31.9 Å². The van der Waals surface area contributed by atoms with E-state index in [0.29, 0.717) is 6.61 Å². The van der Waals surface area contributed by atoms with Crippen LogP contribution in [0.4, 0.5) is 0 Å². The van der Waals surface area contributed by atoms with Gasteiger partial charge in [0.05, 0.1) is 49.0 Å². The molecule has 0 aromatic heterocycles. The number of halogens is 2. The fourth-order valence-corrected chi connectivity index (χ4v) is 5.66. The maximum absolute atomic E-state index is 11.5. The average Bonchev–Trinajstić information content (AvgIpc) is 2.67. The Kier molecular flexibility index (Phi) is 6.43. The first kappa shape index (κ1) is 20.1. The second kappa shape index (κ2) is 8.65. The lowest BCUT2D eigenvalue weighted by molar-refractivity contribution is -0.0929.